The Hall–Kier alpha value is -1.74. The van der Waals surface area contributed by atoms with Crippen LogP contribution in [0.25, 0.3) is 10.9 Å². The maximum Gasteiger partial charge on any atom is 0.410 e. The SMILES string of the molecule is CC(C)(C)OC(=O)N1[C@@H]2CC[C@H]1CN(c1nc(F)nc3c(F)c(Br)c(Cl)cc13)C2. The molecule has 2 aliphatic rings. The van der Waals surface area contributed by atoms with Gasteiger partial charge in [-0.25, -0.2) is 9.18 Å². The van der Waals surface area contributed by atoms with Crippen LogP contribution < -0.4 is 4.90 Å². The number of fused-ring (bicyclic) bond motifs is 3. The number of hydrogen-bond donors (Lipinski definition) is 0. The van der Waals surface area contributed by atoms with Crippen LogP contribution in [0.4, 0.5) is 19.4 Å². The van der Waals surface area contributed by atoms with E-state index in [9.17, 15) is 13.6 Å². The Morgan fingerprint density at radius 2 is 1.86 bits per heavy atom. The summed E-state index contributed by atoms with van der Waals surface area (Å²) < 4.78 is 34.3. The van der Waals surface area contributed by atoms with E-state index in [1.54, 1.807) is 4.90 Å². The molecule has 1 aromatic carbocycles. The van der Waals surface area contributed by atoms with Gasteiger partial charge >= 0.3 is 12.2 Å². The third-order valence-electron chi connectivity index (χ3n) is 5.17. The Labute approximate surface area is 180 Å². The molecule has 0 spiro atoms. The van der Waals surface area contributed by atoms with Gasteiger partial charge in [0.25, 0.3) is 0 Å². The number of halogens is 4. The molecule has 0 N–H and O–H groups in total. The van der Waals surface area contributed by atoms with Crippen LogP contribution in [-0.2, 0) is 4.74 Å². The molecule has 2 saturated heterocycles. The van der Waals surface area contributed by atoms with Gasteiger partial charge in [-0.1, -0.05) is 11.6 Å². The molecule has 2 fully saturated rings. The molecule has 0 saturated carbocycles. The highest BCUT2D eigenvalue weighted by molar-refractivity contribution is 9.10. The van der Waals surface area contributed by atoms with E-state index >= 15 is 0 Å². The number of aromatic nitrogens is 2. The lowest BCUT2D eigenvalue weighted by atomic mass is 10.1. The minimum Gasteiger partial charge on any atom is -0.444 e. The van der Waals surface area contributed by atoms with Crippen molar-refractivity contribution in [1.82, 2.24) is 14.9 Å². The monoisotopic (exact) mass is 488 g/mol. The molecule has 1 aromatic heterocycles. The molecule has 3 heterocycles. The molecule has 2 atom stereocenters. The zero-order chi connectivity index (χ0) is 21.1. The quantitative estimate of drug-likeness (QED) is 0.421. The van der Waals surface area contributed by atoms with E-state index in [0.29, 0.717) is 18.5 Å². The highest BCUT2D eigenvalue weighted by atomic mass is 79.9. The average Bonchev–Trinajstić information content (AvgIpc) is 2.89. The minimum absolute atomic E-state index is 0.0329. The van der Waals surface area contributed by atoms with Gasteiger partial charge in [0, 0.05) is 18.5 Å². The number of amides is 1. The van der Waals surface area contributed by atoms with E-state index in [1.165, 1.54) is 6.07 Å². The summed E-state index contributed by atoms with van der Waals surface area (Å²) in [6, 6.07) is 1.35. The summed E-state index contributed by atoms with van der Waals surface area (Å²) in [6.07, 6.45) is 0.267. The molecule has 2 aromatic rings. The number of anilines is 1. The Kier molecular flexibility index (Phi) is 5.09. The second-order valence-corrected chi connectivity index (χ2v) is 9.58. The third-order valence-corrected chi connectivity index (χ3v) is 6.47. The van der Waals surface area contributed by atoms with Crippen LogP contribution in [0.3, 0.4) is 0 Å². The number of nitrogens with zero attached hydrogens (tertiary/aromatic N) is 4. The fraction of sp³-hybridized carbons (Fsp3) is 0.526. The van der Waals surface area contributed by atoms with Gasteiger partial charge in [-0.3, -0.25) is 4.90 Å². The first-order valence-corrected chi connectivity index (χ1v) is 10.5. The highest BCUT2D eigenvalue weighted by Crippen LogP contribution is 2.38. The van der Waals surface area contributed by atoms with Crippen LogP contribution >= 0.6 is 27.5 Å². The van der Waals surface area contributed by atoms with Crippen molar-refractivity contribution in [3.05, 3.63) is 27.5 Å². The van der Waals surface area contributed by atoms with E-state index in [0.717, 1.165) is 12.8 Å². The first-order chi connectivity index (χ1) is 13.5. The van der Waals surface area contributed by atoms with E-state index in [4.69, 9.17) is 16.3 Å². The summed E-state index contributed by atoms with van der Waals surface area (Å²) in [5, 5.41) is 0.490. The second kappa shape index (κ2) is 7.19. The highest BCUT2D eigenvalue weighted by Gasteiger charge is 2.45. The van der Waals surface area contributed by atoms with Crippen molar-refractivity contribution in [1.29, 1.82) is 0 Å². The van der Waals surface area contributed by atoms with Crippen molar-refractivity contribution in [2.24, 2.45) is 0 Å². The summed E-state index contributed by atoms with van der Waals surface area (Å²) >= 11 is 9.18. The maximum absolute atomic E-state index is 14.6. The van der Waals surface area contributed by atoms with Crippen molar-refractivity contribution < 1.29 is 18.3 Å². The molecule has 156 valence electrons. The van der Waals surface area contributed by atoms with Crippen LogP contribution in [-0.4, -0.2) is 51.7 Å². The lowest BCUT2D eigenvalue weighted by Gasteiger charge is -2.42. The maximum atomic E-state index is 14.6. The van der Waals surface area contributed by atoms with Gasteiger partial charge in [-0.15, -0.1) is 0 Å². The third kappa shape index (κ3) is 3.74. The predicted octanol–water partition coefficient (Wildman–Crippen LogP) is 4.91. The number of hydrogen-bond acceptors (Lipinski definition) is 5. The normalized spacial score (nSPS) is 21.8. The van der Waals surface area contributed by atoms with Crippen molar-refractivity contribution in [2.45, 2.75) is 51.3 Å². The Morgan fingerprint density at radius 1 is 1.24 bits per heavy atom. The summed E-state index contributed by atoms with van der Waals surface area (Å²) in [5.74, 6) is -0.452. The molecule has 0 unspecified atom stereocenters. The van der Waals surface area contributed by atoms with Gasteiger partial charge in [0.05, 0.1) is 21.6 Å². The van der Waals surface area contributed by atoms with Crippen LogP contribution in [0.2, 0.25) is 5.02 Å². The fourth-order valence-electron chi connectivity index (χ4n) is 4.06. The standard InChI is InChI=1S/C19H20BrClF2N4O2/c1-19(2,3)29-18(28)27-9-4-5-10(27)8-26(7-9)16-11-6-12(21)13(20)14(22)15(11)24-17(23)25-16/h6,9-10H,4-5,7-8H2,1-3H3/t9-,10+. The van der Waals surface area contributed by atoms with Crippen LogP contribution in [0.15, 0.2) is 10.5 Å². The molecule has 10 heteroatoms. The largest absolute Gasteiger partial charge is 0.444 e. The van der Waals surface area contributed by atoms with Crippen molar-refractivity contribution >= 4 is 50.3 Å². The second-order valence-electron chi connectivity index (χ2n) is 8.38. The summed E-state index contributed by atoms with van der Waals surface area (Å²) in [6.45, 7) is 6.37. The molecular weight excluding hydrogens is 470 g/mol. The lowest BCUT2D eigenvalue weighted by molar-refractivity contribution is 0.0123. The molecule has 29 heavy (non-hydrogen) atoms. The predicted molar refractivity (Wildman–Crippen MR) is 109 cm³/mol. The van der Waals surface area contributed by atoms with Crippen LogP contribution in [0, 0.1) is 11.9 Å². The number of piperazine rings is 1. The molecule has 4 rings (SSSR count). The number of benzene rings is 1. The fourth-order valence-corrected chi connectivity index (χ4v) is 4.55. The first-order valence-electron chi connectivity index (χ1n) is 9.32. The Morgan fingerprint density at radius 3 is 2.45 bits per heavy atom. The first kappa shape index (κ1) is 20.5. The lowest BCUT2D eigenvalue weighted by Crippen LogP contribution is -2.57. The van der Waals surface area contributed by atoms with Gasteiger partial charge in [-0.05, 0) is 55.6 Å². The Bertz CT molecular complexity index is 987. The summed E-state index contributed by atoms with van der Waals surface area (Å²) in [7, 11) is 0. The molecule has 0 aliphatic carbocycles. The van der Waals surface area contributed by atoms with Gasteiger partial charge < -0.3 is 9.64 Å². The van der Waals surface area contributed by atoms with Gasteiger partial charge in [0.1, 0.15) is 16.9 Å². The van der Waals surface area contributed by atoms with Gasteiger partial charge in [0.2, 0.25) is 0 Å². The molecule has 0 radical (unpaired) electrons. The number of carbonyl (C=O) groups excluding carboxylic acids is 1. The van der Waals surface area contributed by atoms with Crippen molar-refractivity contribution in [3.8, 4) is 0 Å². The van der Waals surface area contributed by atoms with Gasteiger partial charge in [0.15, 0.2) is 5.82 Å². The number of carbonyl (C=O) groups is 1. The summed E-state index contributed by atoms with van der Waals surface area (Å²) in [4.78, 5) is 23.8. The molecule has 6 nitrogen and oxygen atoms in total. The van der Waals surface area contributed by atoms with Crippen LogP contribution in [0.1, 0.15) is 33.6 Å². The van der Waals surface area contributed by atoms with E-state index in [2.05, 4.69) is 25.9 Å². The smallest absolute Gasteiger partial charge is 0.410 e. The molecule has 1 amide bonds. The average molecular weight is 490 g/mol. The minimum atomic E-state index is -1.01. The molecular formula is C19H20BrClF2N4O2. The van der Waals surface area contributed by atoms with Crippen molar-refractivity contribution in [2.75, 3.05) is 18.0 Å². The number of rotatable bonds is 1. The molecule has 2 aliphatic heterocycles. The summed E-state index contributed by atoms with van der Waals surface area (Å²) in [5.41, 5.74) is -0.716. The van der Waals surface area contributed by atoms with E-state index in [1.807, 2.05) is 25.7 Å². The molecule has 2 bridgehead atoms. The number of ether oxygens (including phenoxy) is 1. The Balaban J connectivity index is 1.68. The topological polar surface area (TPSA) is 58.6 Å². The zero-order valence-electron chi connectivity index (χ0n) is 16.2. The van der Waals surface area contributed by atoms with Crippen LogP contribution in [0.5, 0.6) is 0 Å². The van der Waals surface area contributed by atoms with E-state index < -0.39 is 17.5 Å². The van der Waals surface area contributed by atoms with Crippen molar-refractivity contribution in [3.63, 3.8) is 0 Å². The van der Waals surface area contributed by atoms with Gasteiger partial charge in [-0.2, -0.15) is 14.4 Å². The van der Waals surface area contributed by atoms with E-state index in [-0.39, 0.29) is 39.0 Å². The zero-order valence-corrected chi connectivity index (χ0v) is 18.5.